The molecule has 1 aromatic rings. The third kappa shape index (κ3) is 4.69. The van der Waals surface area contributed by atoms with E-state index in [2.05, 4.69) is 39.8 Å². The molecule has 2 amide bonds. The van der Waals surface area contributed by atoms with Crippen LogP contribution >= 0.6 is 0 Å². The van der Waals surface area contributed by atoms with E-state index in [4.69, 9.17) is 0 Å². The van der Waals surface area contributed by atoms with Crippen molar-refractivity contribution < 1.29 is 9.90 Å². The maximum Gasteiger partial charge on any atom is 0.315 e. The zero-order valence-electron chi connectivity index (χ0n) is 13.6. The van der Waals surface area contributed by atoms with Crippen molar-refractivity contribution in [2.75, 3.05) is 19.6 Å². The molecule has 0 spiro atoms. The van der Waals surface area contributed by atoms with Gasteiger partial charge in [-0.2, -0.15) is 0 Å². The average molecular weight is 317 g/mol. The fraction of sp³-hybridized carbons (Fsp3) is 0.611. The van der Waals surface area contributed by atoms with Crippen LogP contribution in [0.3, 0.4) is 0 Å². The minimum absolute atomic E-state index is 0.0798. The summed E-state index contributed by atoms with van der Waals surface area (Å²) in [6, 6.07) is 8.72. The number of hydrogen-bond acceptors (Lipinski definition) is 3. The van der Waals surface area contributed by atoms with Gasteiger partial charge in [0.05, 0.1) is 6.10 Å². The molecule has 1 heterocycles. The number of hydrogen-bond donors (Lipinski definition) is 3. The number of benzene rings is 1. The Morgan fingerprint density at radius 3 is 2.70 bits per heavy atom. The number of nitrogens with one attached hydrogen (secondary N) is 2. The molecule has 23 heavy (non-hydrogen) atoms. The molecule has 126 valence electrons. The van der Waals surface area contributed by atoms with Crippen LogP contribution in [0.2, 0.25) is 0 Å². The summed E-state index contributed by atoms with van der Waals surface area (Å²) in [5, 5.41) is 15.5. The summed E-state index contributed by atoms with van der Waals surface area (Å²) in [5.74, 6) is 0. The quantitative estimate of drug-likeness (QED) is 0.791. The van der Waals surface area contributed by atoms with E-state index in [0.717, 1.165) is 51.7 Å². The first-order valence-electron chi connectivity index (χ1n) is 8.72. The van der Waals surface area contributed by atoms with Crippen molar-refractivity contribution in [3.8, 4) is 0 Å². The summed E-state index contributed by atoms with van der Waals surface area (Å²) in [4.78, 5) is 14.3. The van der Waals surface area contributed by atoms with Gasteiger partial charge in [0.2, 0.25) is 0 Å². The second-order valence-corrected chi connectivity index (χ2v) is 6.70. The van der Waals surface area contributed by atoms with Gasteiger partial charge in [-0.1, -0.05) is 24.3 Å². The Morgan fingerprint density at radius 1 is 1.17 bits per heavy atom. The number of carbonyl (C=O) groups is 1. The second kappa shape index (κ2) is 7.79. The normalized spacial score (nSPS) is 24.7. The summed E-state index contributed by atoms with van der Waals surface area (Å²) >= 11 is 0. The van der Waals surface area contributed by atoms with Crippen LogP contribution in [0.4, 0.5) is 4.79 Å². The zero-order valence-corrected chi connectivity index (χ0v) is 13.6. The largest absolute Gasteiger partial charge is 0.393 e. The van der Waals surface area contributed by atoms with E-state index in [9.17, 15) is 9.90 Å². The van der Waals surface area contributed by atoms with Crippen LogP contribution in [-0.4, -0.2) is 47.8 Å². The molecule has 1 aliphatic carbocycles. The molecular weight excluding hydrogens is 290 g/mol. The Balaban J connectivity index is 1.34. The van der Waals surface area contributed by atoms with Crippen LogP contribution in [0.15, 0.2) is 24.3 Å². The highest BCUT2D eigenvalue weighted by molar-refractivity contribution is 5.74. The minimum atomic E-state index is -0.182. The van der Waals surface area contributed by atoms with Crippen LogP contribution in [-0.2, 0) is 13.0 Å². The maximum absolute atomic E-state index is 11.9. The Hall–Kier alpha value is -1.59. The molecule has 1 aliphatic heterocycles. The summed E-state index contributed by atoms with van der Waals surface area (Å²) < 4.78 is 0. The van der Waals surface area contributed by atoms with Gasteiger partial charge in [-0.05, 0) is 43.2 Å². The van der Waals surface area contributed by atoms with Crippen molar-refractivity contribution in [3.05, 3.63) is 35.4 Å². The Morgan fingerprint density at radius 2 is 1.91 bits per heavy atom. The predicted octanol–water partition coefficient (Wildman–Crippen LogP) is 1.65. The number of aliphatic hydroxyl groups excluding tert-OH is 1. The Kier molecular flexibility index (Phi) is 5.51. The summed E-state index contributed by atoms with van der Waals surface area (Å²) in [6.45, 7) is 3.58. The standard InChI is InChI=1S/C18H27N3O2/c22-17-7-5-16(6-8-17)20-18(23)19-10-12-21-11-9-14-3-1-2-4-15(14)13-21/h1-4,16-17,22H,5-13H2,(H2,19,20,23). The molecule has 3 rings (SSSR count). The van der Waals surface area contributed by atoms with E-state index in [0.29, 0.717) is 6.54 Å². The molecule has 1 fully saturated rings. The monoisotopic (exact) mass is 317 g/mol. The molecule has 0 saturated heterocycles. The van der Waals surface area contributed by atoms with Gasteiger partial charge in [-0.3, -0.25) is 4.90 Å². The number of rotatable bonds is 4. The van der Waals surface area contributed by atoms with Crippen molar-refractivity contribution in [2.45, 2.75) is 50.8 Å². The lowest BCUT2D eigenvalue weighted by Crippen LogP contribution is -2.46. The van der Waals surface area contributed by atoms with Crippen LogP contribution < -0.4 is 10.6 Å². The third-order valence-electron chi connectivity index (χ3n) is 4.96. The lowest BCUT2D eigenvalue weighted by molar-refractivity contribution is 0.117. The van der Waals surface area contributed by atoms with E-state index in [1.165, 1.54) is 11.1 Å². The first-order chi connectivity index (χ1) is 11.2. The van der Waals surface area contributed by atoms with E-state index in [1.54, 1.807) is 0 Å². The van der Waals surface area contributed by atoms with Crippen LogP contribution in [0, 0.1) is 0 Å². The first kappa shape index (κ1) is 16.3. The lowest BCUT2D eigenvalue weighted by Gasteiger charge is -2.29. The fourth-order valence-electron chi connectivity index (χ4n) is 3.53. The maximum atomic E-state index is 11.9. The predicted molar refractivity (Wildman–Crippen MR) is 90.2 cm³/mol. The van der Waals surface area contributed by atoms with Crippen molar-refractivity contribution in [3.63, 3.8) is 0 Å². The number of nitrogens with zero attached hydrogens (tertiary/aromatic N) is 1. The molecule has 1 aromatic carbocycles. The van der Waals surface area contributed by atoms with Crippen LogP contribution in [0.5, 0.6) is 0 Å². The van der Waals surface area contributed by atoms with Crippen molar-refractivity contribution >= 4 is 6.03 Å². The van der Waals surface area contributed by atoms with Crippen LogP contribution in [0.1, 0.15) is 36.8 Å². The number of fused-ring (bicyclic) bond motifs is 1. The molecule has 1 saturated carbocycles. The van der Waals surface area contributed by atoms with E-state index < -0.39 is 0 Å². The minimum Gasteiger partial charge on any atom is -0.393 e. The summed E-state index contributed by atoms with van der Waals surface area (Å²) in [5.41, 5.74) is 2.86. The molecule has 2 aliphatic rings. The number of aliphatic hydroxyl groups is 1. The van der Waals surface area contributed by atoms with Gasteiger partial charge >= 0.3 is 6.03 Å². The van der Waals surface area contributed by atoms with Gasteiger partial charge < -0.3 is 15.7 Å². The van der Waals surface area contributed by atoms with E-state index >= 15 is 0 Å². The van der Waals surface area contributed by atoms with Gasteiger partial charge in [-0.15, -0.1) is 0 Å². The van der Waals surface area contributed by atoms with E-state index in [-0.39, 0.29) is 18.2 Å². The smallest absolute Gasteiger partial charge is 0.315 e. The lowest BCUT2D eigenvalue weighted by atomic mass is 9.93. The first-order valence-corrected chi connectivity index (χ1v) is 8.72. The van der Waals surface area contributed by atoms with Gasteiger partial charge in [0.1, 0.15) is 0 Å². The average Bonchev–Trinajstić information content (AvgIpc) is 2.57. The van der Waals surface area contributed by atoms with Gasteiger partial charge in [-0.25, -0.2) is 4.79 Å². The van der Waals surface area contributed by atoms with Gasteiger partial charge in [0, 0.05) is 32.2 Å². The van der Waals surface area contributed by atoms with Crippen LogP contribution in [0.25, 0.3) is 0 Å². The number of carbonyl (C=O) groups excluding carboxylic acids is 1. The summed E-state index contributed by atoms with van der Waals surface area (Å²) in [6.07, 6.45) is 4.23. The highest BCUT2D eigenvalue weighted by Gasteiger charge is 2.21. The molecule has 3 N–H and O–H groups in total. The topological polar surface area (TPSA) is 64.6 Å². The molecular formula is C18H27N3O2. The van der Waals surface area contributed by atoms with Crippen molar-refractivity contribution in [1.82, 2.24) is 15.5 Å². The number of amides is 2. The van der Waals surface area contributed by atoms with Gasteiger partial charge in [0.25, 0.3) is 0 Å². The third-order valence-corrected chi connectivity index (χ3v) is 4.96. The van der Waals surface area contributed by atoms with Gasteiger partial charge in [0.15, 0.2) is 0 Å². The molecule has 0 aromatic heterocycles. The Labute approximate surface area is 138 Å². The molecule has 5 heteroatoms. The SMILES string of the molecule is O=C(NCCN1CCc2ccccc2C1)NC1CCC(O)CC1. The molecule has 0 atom stereocenters. The zero-order chi connectivity index (χ0) is 16.1. The molecule has 0 unspecified atom stereocenters. The summed E-state index contributed by atoms with van der Waals surface area (Å²) in [7, 11) is 0. The second-order valence-electron chi connectivity index (χ2n) is 6.70. The molecule has 0 bridgehead atoms. The molecule has 5 nitrogen and oxygen atoms in total. The van der Waals surface area contributed by atoms with E-state index in [1.807, 2.05) is 0 Å². The highest BCUT2D eigenvalue weighted by Crippen LogP contribution is 2.18. The van der Waals surface area contributed by atoms with Crippen molar-refractivity contribution in [1.29, 1.82) is 0 Å². The Bertz CT molecular complexity index is 527. The van der Waals surface area contributed by atoms with Crippen molar-refractivity contribution in [2.24, 2.45) is 0 Å². The number of urea groups is 1. The molecule has 0 radical (unpaired) electrons. The highest BCUT2D eigenvalue weighted by atomic mass is 16.3. The fourth-order valence-corrected chi connectivity index (χ4v) is 3.53.